The number of nitrogens with zero attached hydrogens (tertiary/aromatic N) is 6. The Morgan fingerprint density at radius 3 is 2.49 bits per heavy atom. The first kappa shape index (κ1) is 30.6. The van der Waals surface area contributed by atoms with Gasteiger partial charge in [0.1, 0.15) is 5.69 Å². The van der Waals surface area contributed by atoms with Gasteiger partial charge in [0.15, 0.2) is 0 Å². The van der Waals surface area contributed by atoms with Gasteiger partial charge in [-0.2, -0.15) is 23.5 Å². The molecular formula is C29H28ClF3N6O3S. The monoisotopic (exact) mass is 632 g/mol. The molecule has 0 N–H and O–H groups in total. The Kier molecular flexibility index (Phi) is 7.81. The van der Waals surface area contributed by atoms with E-state index in [4.69, 9.17) is 22.0 Å². The summed E-state index contributed by atoms with van der Waals surface area (Å²) in [6.45, 7) is 5.98. The summed E-state index contributed by atoms with van der Waals surface area (Å²) < 4.78 is 58.2. The average molecular weight is 633 g/mol. The highest BCUT2D eigenvalue weighted by Gasteiger charge is 2.41. The van der Waals surface area contributed by atoms with E-state index >= 15 is 0 Å². The van der Waals surface area contributed by atoms with Crippen LogP contribution in [-0.4, -0.2) is 54.4 Å². The van der Waals surface area contributed by atoms with Crippen molar-refractivity contribution in [3.63, 3.8) is 0 Å². The summed E-state index contributed by atoms with van der Waals surface area (Å²) in [6.07, 6.45) is -1.42. The minimum atomic E-state index is -4.72. The highest BCUT2D eigenvalue weighted by molar-refractivity contribution is 7.93. The number of carbonyl (C=O) groups is 2. The van der Waals surface area contributed by atoms with Crippen molar-refractivity contribution in [1.29, 1.82) is 5.26 Å². The van der Waals surface area contributed by atoms with E-state index in [-0.39, 0.29) is 36.1 Å². The summed E-state index contributed by atoms with van der Waals surface area (Å²) in [4.78, 5) is 31.0. The number of halogens is 4. The molecule has 3 heterocycles. The summed E-state index contributed by atoms with van der Waals surface area (Å²) in [7, 11) is -2.86. The number of fused-ring (bicyclic) bond motifs is 3. The highest BCUT2D eigenvalue weighted by atomic mass is 35.5. The molecule has 9 nitrogen and oxygen atoms in total. The number of rotatable bonds is 4. The number of hydrogen-bond donors (Lipinski definition) is 0. The quantitative estimate of drug-likeness (QED) is 0.335. The molecule has 0 bridgehead atoms. The Labute approximate surface area is 252 Å². The van der Waals surface area contributed by atoms with Crippen molar-refractivity contribution in [2.75, 3.05) is 12.8 Å². The summed E-state index contributed by atoms with van der Waals surface area (Å²) in [5.41, 5.74) is 1.15. The number of benzene rings is 2. The zero-order chi connectivity index (χ0) is 31.4. The number of nitriles is 1. The summed E-state index contributed by atoms with van der Waals surface area (Å²) in [6, 6.07) is 8.91. The molecule has 0 aliphatic carbocycles. The van der Waals surface area contributed by atoms with E-state index in [0.717, 1.165) is 17.7 Å². The molecule has 2 unspecified atom stereocenters. The van der Waals surface area contributed by atoms with Gasteiger partial charge in [-0.15, -0.1) is 4.36 Å². The Morgan fingerprint density at radius 2 is 1.86 bits per heavy atom. The van der Waals surface area contributed by atoms with E-state index in [1.54, 1.807) is 47.0 Å². The third kappa shape index (κ3) is 5.49. The molecule has 2 amide bonds. The number of aromatic nitrogens is 2. The summed E-state index contributed by atoms with van der Waals surface area (Å²) in [5, 5.41) is 13.1. The highest BCUT2D eigenvalue weighted by Crippen LogP contribution is 2.38. The zero-order valence-corrected chi connectivity index (χ0v) is 25.3. The van der Waals surface area contributed by atoms with Crippen molar-refractivity contribution < 1.29 is 27.0 Å². The molecule has 1 aromatic heterocycles. The Morgan fingerprint density at radius 1 is 1.19 bits per heavy atom. The Bertz CT molecular complexity index is 1790. The molecule has 43 heavy (non-hydrogen) atoms. The van der Waals surface area contributed by atoms with Crippen LogP contribution in [0, 0.1) is 11.5 Å². The summed E-state index contributed by atoms with van der Waals surface area (Å²) in [5.74, 6) is -0.882. The maximum atomic E-state index is 14.0. The first-order valence-electron chi connectivity index (χ1n) is 13.4. The fourth-order valence-electron chi connectivity index (χ4n) is 5.65. The van der Waals surface area contributed by atoms with Gasteiger partial charge in [0.05, 0.1) is 44.6 Å². The number of amides is 2. The molecule has 4 atom stereocenters. The van der Waals surface area contributed by atoms with Gasteiger partial charge in [-0.05, 0) is 56.7 Å². The van der Waals surface area contributed by atoms with E-state index in [2.05, 4.69) is 4.36 Å². The van der Waals surface area contributed by atoms with E-state index in [1.165, 1.54) is 17.2 Å². The van der Waals surface area contributed by atoms with Crippen LogP contribution in [-0.2, 0) is 28.9 Å². The van der Waals surface area contributed by atoms with Crippen molar-refractivity contribution in [2.45, 2.75) is 62.9 Å². The van der Waals surface area contributed by atoms with Crippen LogP contribution < -0.4 is 0 Å². The predicted molar refractivity (Wildman–Crippen MR) is 153 cm³/mol. The maximum Gasteiger partial charge on any atom is 0.417 e. The predicted octanol–water partition coefficient (Wildman–Crippen LogP) is 5.86. The molecular weight excluding hydrogens is 605 g/mol. The molecule has 3 aromatic rings. The first-order chi connectivity index (χ1) is 20.1. The number of hydrogen-bond acceptors (Lipinski definition) is 6. The van der Waals surface area contributed by atoms with Crippen LogP contribution in [0.25, 0.3) is 0 Å². The topological polar surface area (TPSA) is 112 Å². The van der Waals surface area contributed by atoms with E-state index < -0.39 is 32.4 Å². The molecule has 5 rings (SSSR count). The second-order valence-corrected chi connectivity index (χ2v) is 13.6. The molecule has 2 aliphatic heterocycles. The lowest BCUT2D eigenvalue weighted by atomic mass is 9.96. The molecule has 0 spiro atoms. The van der Waals surface area contributed by atoms with Crippen molar-refractivity contribution in [2.24, 2.45) is 4.36 Å². The third-order valence-corrected chi connectivity index (χ3v) is 9.95. The molecule has 2 aromatic carbocycles. The largest absolute Gasteiger partial charge is 0.417 e. The van der Waals surface area contributed by atoms with Gasteiger partial charge in [0.2, 0.25) is 6.19 Å². The lowest BCUT2D eigenvalue weighted by Crippen LogP contribution is -2.45. The first-order valence-corrected chi connectivity index (χ1v) is 15.7. The molecule has 0 saturated heterocycles. The average Bonchev–Trinajstić information content (AvgIpc) is 3.32. The Hall–Kier alpha value is -3.89. The summed E-state index contributed by atoms with van der Waals surface area (Å²) >= 11 is 5.76. The van der Waals surface area contributed by atoms with Gasteiger partial charge in [-0.25, -0.2) is 4.21 Å². The molecule has 0 radical (unpaired) electrons. The lowest BCUT2D eigenvalue weighted by molar-refractivity contribution is -0.137. The molecule has 0 saturated carbocycles. The van der Waals surface area contributed by atoms with Crippen molar-refractivity contribution in [3.05, 3.63) is 81.1 Å². The van der Waals surface area contributed by atoms with Crippen LogP contribution >= 0.6 is 11.6 Å². The second-order valence-electron chi connectivity index (χ2n) is 10.9. The van der Waals surface area contributed by atoms with Crippen molar-refractivity contribution in [1.82, 2.24) is 19.6 Å². The standard InChI is InChI=1S/C29H28ClF3N6O3S/c1-16-11-25-22(14-37(16)27(40)20-7-10-24(30)23(12-20)29(31,32)33)26-28(41)38(13-17(2)39(26)36-25)18(3)19-5-8-21(9-6-19)43(4,42)35-15-34/h5-10,12,16-18H,11,13-14H2,1-4H3/t16-,17-,18?,43?/m1/s1. The van der Waals surface area contributed by atoms with Crippen LogP contribution in [0.3, 0.4) is 0 Å². The van der Waals surface area contributed by atoms with Crippen LogP contribution in [0.5, 0.6) is 0 Å². The van der Waals surface area contributed by atoms with Gasteiger partial charge >= 0.3 is 6.18 Å². The fraction of sp³-hybridized carbons (Fsp3) is 0.379. The van der Waals surface area contributed by atoms with Gasteiger partial charge in [0, 0.05) is 41.3 Å². The fourth-order valence-corrected chi connectivity index (χ4v) is 6.77. The van der Waals surface area contributed by atoms with Crippen LogP contribution in [0.1, 0.15) is 76.1 Å². The lowest BCUT2D eigenvalue weighted by Gasteiger charge is -2.37. The van der Waals surface area contributed by atoms with Crippen LogP contribution in [0.4, 0.5) is 13.2 Å². The van der Waals surface area contributed by atoms with E-state index in [1.807, 2.05) is 13.8 Å². The number of alkyl halides is 3. The molecule has 14 heteroatoms. The minimum Gasteiger partial charge on any atom is -0.331 e. The van der Waals surface area contributed by atoms with Gasteiger partial charge < -0.3 is 9.80 Å². The van der Waals surface area contributed by atoms with E-state index in [9.17, 15) is 27.0 Å². The molecule has 2 aliphatic rings. The van der Waals surface area contributed by atoms with Crippen LogP contribution in [0.2, 0.25) is 5.02 Å². The smallest absolute Gasteiger partial charge is 0.331 e. The maximum absolute atomic E-state index is 14.0. The van der Waals surface area contributed by atoms with Gasteiger partial charge in [-0.3, -0.25) is 14.3 Å². The molecule has 226 valence electrons. The van der Waals surface area contributed by atoms with Crippen molar-refractivity contribution in [3.8, 4) is 6.19 Å². The van der Waals surface area contributed by atoms with Gasteiger partial charge in [0.25, 0.3) is 11.8 Å². The van der Waals surface area contributed by atoms with Crippen molar-refractivity contribution >= 4 is 33.1 Å². The zero-order valence-electron chi connectivity index (χ0n) is 23.7. The normalized spacial score (nSPS) is 20.5. The second kappa shape index (κ2) is 11.0. The minimum absolute atomic E-state index is 0.0112. The van der Waals surface area contributed by atoms with Crippen LogP contribution in [0.15, 0.2) is 51.7 Å². The Balaban J connectivity index is 1.45. The third-order valence-electron chi connectivity index (χ3n) is 8.04. The molecule has 0 fully saturated rings. The van der Waals surface area contributed by atoms with Gasteiger partial charge in [-0.1, -0.05) is 23.7 Å². The number of carbonyl (C=O) groups excluding carboxylic acids is 2. The SMILES string of the molecule is CC(c1ccc(S(C)(=O)=NC#N)cc1)N1C[C@@H](C)n2nc3c(c2C1=O)CN(C(=O)c1ccc(Cl)c(C(F)(F)F)c1)[C@H](C)C3. The van der Waals surface area contributed by atoms with E-state index in [0.29, 0.717) is 34.8 Å².